The summed E-state index contributed by atoms with van der Waals surface area (Å²) in [6, 6.07) is 10.7. The van der Waals surface area contributed by atoms with Gasteiger partial charge in [-0.3, -0.25) is 9.79 Å². The van der Waals surface area contributed by atoms with Gasteiger partial charge in [-0.15, -0.1) is 24.0 Å². The van der Waals surface area contributed by atoms with Crippen molar-refractivity contribution in [3.63, 3.8) is 0 Å². The number of rotatable bonds is 8. The van der Waals surface area contributed by atoms with Crippen LogP contribution in [0.25, 0.3) is 0 Å². The Morgan fingerprint density at radius 2 is 1.91 bits per heavy atom. The summed E-state index contributed by atoms with van der Waals surface area (Å²) in [6.07, 6.45) is 2.96. The van der Waals surface area contributed by atoms with Crippen molar-refractivity contribution in [2.45, 2.75) is 39.2 Å². The second-order valence-corrected chi connectivity index (χ2v) is 5.35. The minimum atomic E-state index is -0.0123. The number of carbonyl (C=O) groups is 1. The average Bonchev–Trinajstić information content (AvgIpc) is 2.55. The Morgan fingerprint density at radius 1 is 1.22 bits per heavy atom. The molecule has 0 bridgehead atoms. The molecule has 0 spiro atoms. The van der Waals surface area contributed by atoms with Crippen molar-refractivity contribution in [2.75, 3.05) is 20.1 Å². The third-order valence-electron chi connectivity index (χ3n) is 3.30. The molecule has 0 aliphatic rings. The number of nitrogens with one attached hydrogen (secondary N) is 3. The number of aliphatic imine (C=N–C) groups is 1. The van der Waals surface area contributed by atoms with Gasteiger partial charge in [-0.1, -0.05) is 37.3 Å². The number of nitrogens with zero attached hydrogens (tertiary/aromatic N) is 1. The second-order valence-electron chi connectivity index (χ2n) is 5.35. The van der Waals surface area contributed by atoms with Crippen molar-refractivity contribution >= 4 is 35.8 Å². The molecule has 1 unspecified atom stereocenters. The second kappa shape index (κ2) is 13.2. The fourth-order valence-electron chi connectivity index (χ4n) is 2.02. The summed E-state index contributed by atoms with van der Waals surface area (Å²) in [7, 11) is 1.71. The number of halogens is 1. The third kappa shape index (κ3) is 10.1. The number of aryl methyl sites for hydroxylation is 1. The number of amides is 1. The van der Waals surface area contributed by atoms with Crippen LogP contribution in [0.4, 0.5) is 0 Å². The highest BCUT2D eigenvalue weighted by Crippen LogP contribution is 2.04. The molecule has 1 amide bonds. The average molecular weight is 432 g/mol. The van der Waals surface area contributed by atoms with E-state index in [1.807, 2.05) is 13.0 Å². The topological polar surface area (TPSA) is 65.5 Å². The van der Waals surface area contributed by atoms with Crippen LogP contribution in [0.5, 0.6) is 0 Å². The molecule has 0 saturated heterocycles. The first kappa shape index (κ1) is 21.7. The quantitative estimate of drug-likeness (QED) is 0.336. The minimum absolute atomic E-state index is 0. The molecular weight excluding hydrogens is 403 g/mol. The number of hydrogen-bond acceptors (Lipinski definition) is 2. The van der Waals surface area contributed by atoms with Gasteiger partial charge in [-0.2, -0.15) is 0 Å². The largest absolute Gasteiger partial charge is 0.355 e. The molecule has 6 heteroatoms. The smallest absolute Gasteiger partial charge is 0.239 e. The highest BCUT2D eigenvalue weighted by atomic mass is 127. The summed E-state index contributed by atoms with van der Waals surface area (Å²) in [6.45, 7) is 5.10. The molecule has 3 N–H and O–H groups in total. The van der Waals surface area contributed by atoms with E-state index < -0.39 is 0 Å². The third-order valence-corrected chi connectivity index (χ3v) is 3.30. The van der Waals surface area contributed by atoms with Crippen LogP contribution >= 0.6 is 24.0 Å². The molecule has 1 atom stereocenters. The van der Waals surface area contributed by atoms with Crippen molar-refractivity contribution in [3.8, 4) is 0 Å². The van der Waals surface area contributed by atoms with Crippen LogP contribution < -0.4 is 16.0 Å². The van der Waals surface area contributed by atoms with Crippen LogP contribution in [0.3, 0.4) is 0 Å². The lowest BCUT2D eigenvalue weighted by Crippen LogP contribution is -2.46. The van der Waals surface area contributed by atoms with E-state index in [2.05, 4.69) is 52.1 Å². The van der Waals surface area contributed by atoms with Crippen molar-refractivity contribution in [3.05, 3.63) is 35.9 Å². The number of carbonyl (C=O) groups excluding carboxylic acids is 1. The van der Waals surface area contributed by atoms with E-state index in [1.165, 1.54) is 5.56 Å². The normalized spacial score (nSPS) is 12.0. The zero-order chi connectivity index (χ0) is 16.2. The van der Waals surface area contributed by atoms with E-state index in [9.17, 15) is 4.79 Å². The van der Waals surface area contributed by atoms with Gasteiger partial charge in [0.15, 0.2) is 5.96 Å². The van der Waals surface area contributed by atoms with Crippen molar-refractivity contribution in [1.29, 1.82) is 0 Å². The molecule has 0 aromatic heterocycles. The van der Waals surface area contributed by atoms with Crippen molar-refractivity contribution in [2.24, 2.45) is 4.99 Å². The summed E-state index contributed by atoms with van der Waals surface area (Å²) in [5.74, 6) is 0.647. The molecule has 0 saturated carbocycles. The minimum Gasteiger partial charge on any atom is -0.355 e. The van der Waals surface area contributed by atoms with Gasteiger partial charge in [0, 0.05) is 19.6 Å². The summed E-state index contributed by atoms with van der Waals surface area (Å²) in [4.78, 5) is 15.7. The lowest BCUT2D eigenvalue weighted by atomic mass is 10.1. The summed E-state index contributed by atoms with van der Waals surface area (Å²) < 4.78 is 0. The molecule has 0 aliphatic carbocycles. The maximum Gasteiger partial charge on any atom is 0.239 e. The van der Waals surface area contributed by atoms with Crippen LogP contribution in [0.1, 0.15) is 32.3 Å². The predicted molar refractivity (Wildman–Crippen MR) is 107 cm³/mol. The van der Waals surface area contributed by atoms with Crippen molar-refractivity contribution < 1.29 is 4.79 Å². The van der Waals surface area contributed by atoms with E-state index in [0.29, 0.717) is 12.5 Å². The van der Waals surface area contributed by atoms with Gasteiger partial charge in [0.1, 0.15) is 0 Å². The van der Waals surface area contributed by atoms with Gasteiger partial charge >= 0.3 is 0 Å². The lowest BCUT2D eigenvalue weighted by molar-refractivity contribution is -0.120. The van der Waals surface area contributed by atoms with E-state index in [4.69, 9.17) is 0 Å². The first-order valence-corrected chi connectivity index (χ1v) is 7.93. The standard InChI is InChI=1S/C17H28N4O.HI/c1-4-12-19-16(22)13-20-17(18-3)21-14(2)10-11-15-8-6-5-7-9-15;/h5-9,14H,4,10-13H2,1-3H3,(H,19,22)(H2,18,20,21);1H. The first-order chi connectivity index (χ1) is 10.7. The number of benzene rings is 1. The Kier molecular flexibility index (Phi) is 12.4. The summed E-state index contributed by atoms with van der Waals surface area (Å²) in [5.41, 5.74) is 1.33. The monoisotopic (exact) mass is 432 g/mol. The molecule has 0 fully saturated rings. The van der Waals surface area contributed by atoms with Crippen molar-refractivity contribution in [1.82, 2.24) is 16.0 Å². The van der Waals surface area contributed by atoms with Gasteiger partial charge in [-0.05, 0) is 31.7 Å². The Morgan fingerprint density at radius 3 is 2.52 bits per heavy atom. The lowest BCUT2D eigenvalue weighted by Gasteiger charge is -2.17. The molecule has 5 nitrogen and oxygen atoms in total. The van der Waals surface area contributed by atoms with E-state index in [1.54, 1.807) is 7.05 Å². The van der Waals surface area contributed by atoms with Crippen LogP contribution in [-0.2, 0) is 11.2 Å². The van der Waals surface area contributed by atoms with Gasteiger partial charge in [0.2, 0.25) is 5.91 Å². The van der Waals surface area contributed by atoms with Crippen LogP contribution in [0, 0.1) is 0 Å². The summed E-state index contributed by atoms with van der Waals surface area (Å²) in [5, 5.41) is 9.17. The van der Waals surface area contributed by atoms with E-state index in [-0.39, 0.29) is 42.5 Å². The Balaban J connectivity index is 0.00000484. The highest BCUT2D eigenvalue weighted by Gasteiger charge is 2.07. The Bertz CT molecular complexity index is 465. The Labute approximate surface area is 156 Å². The van der Waals surface area contributed by atoms with Gasteiger partial charge < -0.3 is 16.0 Å². The molecule has 0 radical (unpaired) electrons. The highest BCUT2D eigenvalue weighted by molar-refractivity contribution is 14.0. The molecule has 23 heavy (non-hydrogen) atoms. The zero-order valence-electron chi connectivity index (χ0n) is 14.3. The molecular formula is C17H29IN4O. The predicted octanol–water partition coefficient (Wildman–Crippen LogP) is 2.32. The number of guanidine groups is 1. The van der Waals surface area contributed by atoms with Gasteiger partial charge in [0.05, 0.1) is 6.54 Å². The van der Waals surface area contributed by atoms with Crippen LogP contribution in [0.15, 0.2) is 35.3 Å². The van der Waals surface area contributed by atoms with Crippen LogP contribution in [-0.4, -0.2) is 38.0 Å². The molecule has 1 aromatic carbocycles. The zero-order valence-corrected chi connectivity index (χ0v) is 16.6. The molecule has 1 rings (SSSR count). The summed E-state index contributed by atoms with van der Waals surface area (Å²) >= 11 is 0. The molecule has 0 heterocycles. The molecule has 130 valence electrons. The van der Waals surface area contributed by atoms with Gasteiger partial charge in [0.25, 0.3) is 0 Å². The van der Waals surface area contributed by atoms with Gasteiger partial charge in [-0.25, -0.2) is 0 Å². The maximum absolute atomic E-state index is 11.6. The fraction of sp³-hybridized carbons (Fsp3) is 0.529. The maximum atomic E-state index is 11.6. The number of hydrogen-bond donors (Lipinski definition) is 3. The molecule has 0 aliphatic heterocycles. The SMILES string of the molecule is CCCNC(=O)CNC(=NC)NC(C)CCc1ccccc1.I. The van der Waals surface area contributed by atoms with E-state index >= 15 is 0 Å². The first-order valence-electron chi connectivity index (χ1n) is 7.93. The van der Waals surface area contributed by atoms with E-state index in [0.717, 1.165) is 19.3 Å². The van der Waals surface area contributed by atoms with Crippen LogP contribution in [0.2, 0.25) is 0 Å². The fourth-order valence-corrected chi connectivity index (χ4v) is 2.02. The molecule has 1 aromatic rings. The Hall–Kier alpha value is -1.31.